The van der Waals surface area contributed by atoms with Crippen LogP contribution in [0.15, 0.2) is 48.6 Å². The zero-order valence-electron chi connectivity index (χ0n) is 8.10. The maximum Gasteiger partial charge on any atom is 0.241 e. The molecule has 0 saturated carbocycles. The van der Waals surface area contributed by atoms with Crippen LogP contribution in [0.3, 0.4) is 0 Å². The number of amides is 1. The summed E-state index contributed by atoms with van der Waals surface area (Å²) in [5.41, 5.74) is 7.09. The molecule has 1 amide bonds. The Bertz CT molecular complexity index is 363. The highest BCUT2D eigenvalue weighted by Crippen LogP contribution is 2.14. The molecule has 72 valence electrons. The summed E-state index contributed by atoms with van der Waals surface area (Å²) in [4.78, 5) is 10.6. The molecule has 14 heavy (non-hydrogen) atoms. The van der Waals surface area contributed by atoms with E-state index in [-0.39, 0.29) is 0 Å². The molecule has 0 heterocycles. The molecule has 0 aliphatic rings. The predicted molar refractivity (Wildman–Crippen MR) is 58.4 cm³/mol. The molecule has 2 nitrogen and oxygen atoms in total. The Morgan fingerprint density at radius 1 is 1.21 bits per heavy atom. The van der Waals surface area contributed by atoms with E-state index in [1.165, 1.54) is 6.08 Å². The average Bonchev–Trinajstić information content (AvgIpc) is 2.20. The second-order valence-corrected chi connectivity index (χ2v) is 2.85. The van der Waals surface area contributed by atoms with Gasteiger partial charge in [-0.25, -0.2) is 0 Å². The summed E-state index contributed by atoms with van der Waals surface area (Å²) in [6.45, 7) is 1.92. The number of hydrogen-bond donors (Lipinski definition) is 1. The van der Waals surface area contributed by atoms with Gasteiger partial charge in [-0.15, -0.1) is 0 Å². The summed E-state index contributed by atoms with van der Waals surface area (Å²) in [5.74, 6) is -0.430. The van der Waals surface area contributed by atoms with Crippen molar-refractivity contribution in [3.63, 3.8) is 0 Å². The van der Waals surface area contributed by atoms with Crippen molar-refractivity contribution in [2.24, 2.45) is 5.73 Å². The van der Waals surface area contributed by atoms with Gasteiger partial charge in [0.25, 0.3) is 0 Å². The monoisotopic (exact) mass is 187 g/mol. The zero-order chi connectivity index (χ0) is 10.4. The third kappa shape index (κ3) is 2.90. The first kappa shape index (κ1) is 10.3. The van der Waals surface area contributed by atoms with Crippen LogP contribution in [0.2, 0.25) is 0 Å². The number of carbonyl (C=O) groups excluding carboxylic acids is 1. The smallest absolute Gasteiger partial charge is 0.241 e. The minimum absolute atomic E-state index is 0.430. The molecular weight excluding hydrogens is 174 g/mol. The molecule has 2 heteroatoms. The summed E-state index contributed by atoms with van der Waals surface area (Å²) >= 11 is 0. The standard InChI is InChI=1S/C12H13NO/c1-2-10(8-9-12(13)14)11-6-4-3-5-7-11/h2-9H,1H3,(H2,13,14)/b9-8+,10-2-. The highest BCUT2D eigenvalue weighted by molar-refractivity contribution is 5.89. The summed E-state index contributed by atoms with van der Waals surface area (Å²) in [6, 6.07) is 9.84. The van der Waals surface area contributed by atoms with Crippen molar-refractivity contribution in [2.75, 3.05) is 0 Å². The second kappa shape index (κ2) is 5.02. The number of rotatable bonds is 3. The van der Waals surface area contributed by atoms with Crippen LogP contribution in [0.5, 0.6) is 0 Å². The van der Waals surface area contributed by atoms with E-state index in [2.05, 4.69) is 0 Å². The van der Waals surface area contributed by atoms with Gasteiger partial charge in [0.1, 0.15) is 0 Å². The van der Waals surface area contributed by atoms with Crippen molar-refractivity contribution in [1.29, 1.82) is 0 Å². The normalized spacial score (nSPS) is 11.9. The van der Waals surface area contributed by atoms with E-state index in [1.807, 2.05) is 43.3 Å². The van der Waals surface area contributed by atoms with E-state index in [0.29, 0.717) is 0 Å². The number of primary amides is 1. The lowest BCUT2D eigenvalue weighted by Gasteiger charge is -2.00. The molecular formula is C12H13NO. The quantitative estimate of drug-likeness (QED) is 0.571. The molecule has 0 unspecified atom stereocenters. The van der Waals surface area contributed by atoms with Crippen LogP contribution < -0.4 is 5.73 Å². The lowest BCUT2D eigenvalue weighted by atomic mass is 10.1. The average molecular weight is 187 g/mol. The molecule has 1 aromatic rings. The molecule has 0 fully saturated rings. The predicted octanol–water partition coefficient (Wildman–Crippen LogP) is 2.13. The zero-order valence-corrected chi connectivity index (χ0v) is 8.10. The summed E-state index contributed by atoms with van der Waals surface area (Å²) in [7, 11) is 0. The summed E-state index contributed by atoms with van der Waals surface area (Å²) in [6.07, 6.45) is 5.02. The fourth-order valence-electron chi connectivity index (χ4n) is 1.16. The topological polar surface area (TPSA) is 43.1 Å². The van der Waals surface area contributed by atoms with Crippen LogP contribution in [0, 0.1) is 0 Å². The number of hydrogen-bond acceptors (Lipinski definition) is 1. The molecule has 0 aliphatic heterocycles. The first-order chi connectivity index (χ1) is 6.74. The minimum atomic E-state index is -0.430. The van der Waals surface area contributed by atoms with Crippen LogP contribution in [0.1, 0.15) is 12.5 Å². The van der Waals surface area contributed by atoms with Gasteiger partial charge in [0.2, 0.25) is 5.91 Å². The van der Waals surface area contributed by atoms with Crippen molar-refractivity contribution in [3.8, 4) is 0 Å². The number of carbonyl (C=O) groups is 1. The minimum Gasteiger partial charge on any atom is -0.366 e. The molecule has 2 N–H and O–H groups in total. The molecule has 0 aliphatic carbocycles. The van der Waals surface area contributed by atoms with Crippen LogP contribution in [0.4, 0.5) is 0 Å². The number of benzene rings is 1. The van der Waals surface area contributed by atoms with Crippen LogP contribution >= 0.6 is 0 Å². The summed E-state index contributed by atoms with van der Waals surface area (Å²) in [5, 5.41) is 0. The Morgan fingerprint density at radius 2 is 1.86 bits per heavy atom. The van der Waals surface area contributed by atoms with Crippen molar-refractivity contribution in [2.45, 2.75) is 6.92 Å². The van der Waals surface area contributed by atoms with Crippen molar-refractivity contribution < 1.29 is 4.79 Å². The highest BCUT2D eigenvalue weighted by atomic mass is 16.1. The molecule has 0 atom stereocenters. The van der Waals surface area contributed by atoms with Gasteiger partial charge in [-0.05, 0) is 24.1 Å². The van der Waals surface area contributed by atoms with E-state index < -0.39 is 5.91 Å². The Hall–Kier alpha value is -1.83. The van der Waals surface area contributed by atoms with Crippen LogP contribution in [-0.2, 0) is 4.79 Å². The third-order valence-electron chi connectivity index (χ3n) is 1.85. The van der Waals surface area contributed by atoms with Gasteiger partial charge in [0.15, 0.2) is 0 Å². The highest BCUT2D eigenvalue weighted by Gasteiger charge is 1.94. The second-order valence-electron chi connectivity index (χ2n) is 2.85. The third-order valence-corrected chi connectivity index (χ3v) is 1.85. The maximum absolute atomic E-state index is 10.6. The van der Waals surface area contributed by atoms with Crippen molar-refractivity contribution in [3.05, 3.63) is 54.1 Å². The molecule has 1 aromatic carbocycles. The maximum atomic E-state index is 10.6. The lowest BCUT2D eigenvalue weighted by Crippen LogP contribution is -2.05. The van der Waals surface area contributed by atoms with Gasteiger partial charge in [-0.3, -0.25) is 4.79 Å². The van der Waals surface area contributed by atoms with Crippen molar-refractivity contribution in [1.82, 2.24) is 0 Å². The molecule has 0 aromatic heterocycles. The van der Waals surface area contributed by atoms with Gasteiger partial charge in [0, 0.05) is 6.08 Å². The van der Waals surface area contributed by atoms with Crippen LogP contribution in [-0.4, -0.2) is 5.91 Å². The number of nitrogens with two attached hydrogens (primary N) is 1. The Labute approximate surface area is 83.7 Å². The van der Waals surface area contributed by atoms with Crippen molar-refractivity contribution >= 4 is 11.5 Å². The molecule has 0 radical (unpaired) electrons. The Balaban J connectivity index is 2.90. The van der Waals surface area contributed by atoms with E-state index >= 15 is 0 Å². The molecule has 0 bridgehead atoms. The van der Waals surface area contributed by atoms with Gasteiger partial charge in [0.05, 0.1) is 0 Å². The van der Waals surface area contributed by atoms with Gasteiger partial charge in [-0.2, -0.15) is 0 Å². The summed E-state index contributed by atoms with van der Waals surface area (Å²) < 4.78 is 0. The van der Waals surface area contributed by atoms with Gasteiger partial charge in [-0.1, -0.05) is 36.4 Å². The first-order valence-electron chi connectivity index (χ1n) is 4.43. The fraction of sp³-hybridized carbons (Fsp3) is 0.0833. The van der Waals surface area contributed by atoms with E-state index in [0.717, 1.165) is 11.1 Å². The van der Waals surface area contributed by atoms with Crippen LogP contribution in [0.25, 0.3) is 5.57 Å². The first-order valence-corrected chi connectivity index (χ1v) is 4.43. The lowest BCUT2D eigenvalue weighted by molar-refractivity contribution is -0.113. The molecule has 0 spiro atoms. The molecule has 0 saturated heterocycles. The largest absolute Gasteiger partial charge is 0.366 e. The SMILES string of the molecule is C/C=C(/C=C/C(N)=O)c1ccccc1. The fourth-order valence-corrected chi connectivity index (χ4v) is 1.16. The number of allylic oxidation sites excluding steroid dienone is 3. The van der Waals surface area contributed by atoms with E-state index in [4.69, 9.17) is 5.73 Å². The Morgan fingerprint density at radius 3 is 2.36 bits per heavy atom. The molecule has 1 rings (SSSR count). The van der Waals surface area contributed by atoms with Gasteiger partial charge >= 0.3 is 0 Å². The van der Waals surface area contributed by atoms with E-state index in [9.17, 15) is 4.79 Å². The Kier molecular flexibility index (Phi) is 3.68. The van der Waals surface area contributed by atoms with Gasteiger partial charge < -0.3 is 5.73 Å². The van der Waals surface area contributed by atoms with E-state index in [1.54, 1.807) is 6.08 Å².